The van der Waals surface area contributed by atoms with E-state index in [1.807, 2.05) is 0 Å². The average molecular weight is 331 g/mol. The lowest BCUT2D eigenvalue weighted by molar-refractivity contribution is 0.0698. The van der Waals surface area contributed by atoms with Crippen molar-refractivity contribution in [3.63, 3.8) is 0 Å². The summed E-state index contributed by atoms with van der Waals surface area (Å²) in [4.78, 5) is 14.6. The molecule has 2 aromatic rings. The Bertz CT molecular complexity index is 778. The second kappa shape index (κ2) is 5.54. The number of nitrogens with one attached hydrogen (secondary N) is 1. The lowest BCUT2D eigenvalue weighted by atomic mass is 10.3. The number of carboxylic acids is 1. The van der Waals surface area contributed by atoms with Crippen molar-refractivity contribution >= 4 is 27.3 Å². The van der Waals surface area contributed by atoms with Crippen LogP contribution in [0.2, 0.25) is 0 Å². The molecule has 21 heavy (non-hydrogen) atoms. The van der Waals surface area contributed by atoms with Gasteiger partial charge in [-0.3, -0.25) is 0 Å². The number of rotatable bonds is 5. The van der Waals surface area contributed by atoms with Gasteiger partial charge < -0.3 is 9.63 Å². The Hall–Kier alpha value is -1.78. The highest BCUT2D eigenvalue weighted by atomic mass is 32.2. The van der Waals surface area contributed by atoms with Gasteiger partial charge >= 0.3 is 5.97 Å². The number of thiophene rings is 1. The normalized spacial score (nSPS) is 13.3. The van der Waals surface area contributed by atoms with Gasteiger partial charge in [-0.25, -0.2) is 13.2 Å². The van der Waals surface area contributed by atoms with Crippen LogP contribution in [0.1, 0.15) is 39.9 Å². The van der Waals surface area contributed by atoms with E-state index < -0.39 is 22.0 Å². The lowest BCUT2D eigenvalue weighted by Crippen LogP contribution is -2.28. The van der Waals surface area contributed by atoms with E-state index in [-0.39, 0.29) is 15.7 Å². The third kappa shape index (κ3) is 3.12. The summed E-state index contributed by atoms with van der Waals surface area (Å²) in [5.41, 5.74) is 0.374. The fourth-order valence-electron chi connectivity index (χ4n) is 1.75. The number of carboxylic acid groups (broad SMARTS) is 1. The Labute approximate surface area is 124 Å². The third-order valence-electron chi connectivity index (χ3n) is 2.63. The maximum atomic E-state index is 12.4. The van der Waals surface area contributed by atoms with Crippen LogP contribution < -0.4 is 4.72 Å². The second-order valence-corrected chi connectivity index (χ2v) is 6.94. The van der Waals surface area contributed by atoms with Crippen LogP contribution in [0.4, 0.5) is 0 Å². The van der Waals surface area contributed by atoms with E-state index in [4.69, 9.17) is 9.63 Å². The van der Waals surface area contributed by atoms with Gasteiger partial charge in [0.2, 0.25) is 15.9 Å². The van der Waals surface area contributed by atoms with Crippen molar-refractivity contribution in [3.05, 3.63) is 27.5 Å². The monoisotopic (exact) mass is 331 g/mol. The number of carbonyl (C=O) groups is 1. The zero-order chi connectivity index (χ0) is 15.8. The largest absolute Gasteiger partial charge is 0.477 e. The predicted octanol–water partition coefficient (Wildman–Crippen LogP) is 1.49. The Morgan fingerprint density at radius 3 is 2.67 bits per heavy atom. The predicted molar refractivity (Wildman–Crippen MR) is 73.8 cm³/mol. The summed E-state index contributed by atoms with van der Waals surface area (Å²) in [6.45, 7) is 4.69. The minimum atomic E-state index is -4.01. The van der Waals surface area contributed by atoms with E-state index >= 15 is 0 Å². The van der Waals surface area contributed by atoms with Crippen molar-refractivity contribution in [2.45, 2.75) is 31.7 Å². The average Bonchev–Trinajstić information content (AvgIpc) is 2.95. The number of nitrogens with zero attached hydrogens (tertiary/aromatic N) is 2. The van der Waals surface area contributed by atoms with Gasteiger partial charge in [0, 0.05) is 0 Å². The first kappa shape index (κ1) is 15.6. The zero-order valence-corrected chi connectivity index (χ0v) is 13.1. The van der Waals surface area contributed by atoms with Crippen molar-refractivity contribution in [2.24, 2.45) is 0 Å². The van der Waals surface area contributed by atoms with Gasteiger partial charge in [0.25, 0.3) is 0 Å². The molecule has 0 bridgehead atoms. The van der Waals surface area contributed by atoms with E-state index in [0.29, 0.717) is 11.4 Å². The highest BCUT2D eigenvalue weighted by Crippen LogP contribution is 2.28. The quantitative estimate of drug-likeness (QED) is 0.850. The fourth-order valence-corrected chi connectivity index (χ4v) is 4.57. The van der Waals surface area contributed by atoms with Gasteiger partial charge in [-0.2, -0.15) is 9.71 Å². The van der Waals surface area contributed by atoms with Gasteiger partial charge in [-0.15, -0.1) is 11.3 Å². The van der Waals surface area contributed by atoms with Crippen LogP contribution in [0, 0.1) is 13.8 Å². The maximum absolute atomic E-state index is 12.4. The van der Waals surface area contributed by atoms with E-state index in [0.717, 1.165) is 11.3 Å². The standard InChI is InChI=1S/C11H13N3O5S2/c1-5-4-20-8(11(15)16)9(5)21(17,18)14-6(2)10-12-7(3)13-19-10/h4,6,14H,1-3H3,(H,15,16). The van der Waals surface area contributed by atoms with E-state index in [9.17, 15) is 13.2 Å². The summed E-state index contributed by atoms with van der Waals surface area (Å²) in [6, 6.07) is -0.767. The van der Waals surface area contributed by atoms with Crippen molar-refractivity contribution in [1.29, 1.82) is 0 Å². The highest BCUT2D eigenvalue weighted by molar-refractivity contribution is 7.89. The number of hydrogen-bond acceptors (Lipinski definition) is 7. The highest BCUT2D eigenvalue weighted by Gasteiger charge is 2.29. The van der Waals surface area contributed by atoms with Crippen molar-refractivity contribution < 1.29 is 22.8 Å². The van der Waals surface area contributed by atoms with Gasteiger partial charge in [0.15, 0.2) is 5.82 Å². The minimum Gasteiger partial charge on any atom is -0.477 e. The summed E-state index contributed by atoms with van der Waals surface area (Å²) >= 11 is 0.868. The number of sulfonamides is 1. The summed E-state index contributed by atoms with van der Waals surface area (Å²) in [7, 11) is -4.01. The molecule has 0 fully saturated rings. The molecule has 8 nitrogen and oxygen atoms in total. The first-order valence-corrected chi connectivity index (χ1v) is 8.22. The molecule has 0 saturated carbocycles. The molecule has 10 heteroatoms. The Morgan fingerprint density at radius 1 is 1.48 bits per heavy atom. The molecule has 2 heterocycles. The topological polar surface area (TPSA) is 122 Å². The molecule has 114 valence electrons. The number of aryl methyl sites for hydroxylation is 2. The Kier molecular flexibility index (Phi) is 4.12. The molecule has 0 spiro atoms. The minimum absolute atomic E-state index is 0.112. The van der Waals surface area contributed by atoms with Crippen molar-refractivity contribution in [2.75, 3.05) is 0 Å². The van der Waals surface area contributed by atoms with Crippen molar-refractivity contribution in [1.82, 2.24) is 14.9 Å². The summed E-state index contributed by atoms with van der Waals surface area (Å²) in [5, 5.41) is 14.1. The smallest absolute Gasteiger partial charge is 0.347 e. The van der Waals surface area contributed by atoms with Crippen molar-refractivity contribution in [3.8, 4) is 0 Å². The molecule has 2 N–H and O–H groups in total. The van der Waals surface area contributed by atoms with E-state index in [2.05, 4.69) is 14.9 Å². The van der Waals surface area contributed by atoms with Crippen LogP contribution in [0.5, 0.6) is 0 Å². The fraction of sp³-hybridized carbons (Fsp3) is 0.364. The van der Waals surface area contributed by atoms with Crippen LogP contribution in [-0.4, -0.2) is 29.6 Å². The first-order chi connectivity index (χ1) is 9.72. The van der Waals surface area contributed by atoms with Gasteiger partial charge in [0.1, 0.15) is 9.77 Å². The second-order valence-electron chi connectivity index (χ2n) is 4.40. The third-order valence-corrected chi connectivity index (χ3v) is 5.57. The molecule has 0 saturated heterocycles. The summed E-state index contributed by atoms with van der Waals surface area (Å²) in [5.74, 6) is -0.787. The number of aromatic carboxylic acids is 1. The van der Waals surface area contributed by atoms with Crippen LogP contribution in [-0.2, 0) is 10.0 Å². The van der Waals surface area contributed by atoms with Crippen LogP contribution in [0.25, 0.3) is 0 Å². The van der Waals surface area contributed by atoms with Crippen LogP contribution >= 0.6 is 11.3 Å². The summed E-state index contributed by atoms with van der Waals surface area (Å²) < 4.78 is 32.0. The number of aromatic nitrogens is 2. The van der Waals surface area contributed by atoms with Gasteiger partial charge in [0.05, 0.1) is 6.04 Å². The molecule has 0 radical (unpaired) electrons. The molecule has 0 aromatic carbocycles. The van der Waals surface area contributed by atoms with E-state index in [1.165, 1.54) is 12.3 Å². The molecule has 1 atom stereocenters. The molecule has 0 aliphatic heterocycles. The molecule has 0 aliphatic carbocycles. The molecule has 0 amide bonds. The first-order valence-electron chi connectivity index (χ1n) is 5.86. The van der Waals surface area contributed by atoms with Crippen LogP contribution in [0.3, 0.4) is 0 Å². The SMILES string of the molecule is Cc1noc(C(C)NS(=O)(=O)c2c(C)csc2C(=O)O)n1. The van der Waals surface area contributed by atoms with Gasteiger partial charge in [-0.05, 0) is 31.7 Å². The molecule has 0 aliphatic rings. The molecular weight excluding hydrogens is 318 g/mol. The lowest BCUT2D eigenvalue weighted by Gasteiger charge is -2.11. The molecular formula is C11H13N3O5S2. The number of hydrogen-bond donors (Lipinski definition) is 2. The van der Waals surface area contributed by atoms with Crippen LogP contribution in [0.15, 0.2) is 14.8 Å². The zero-order valence-electron chi connectivity index (χ0n) is 11.4. The van der Waals surface area contributed by atoms with Gasteiger partial charge in [-0.1, -0.05) is 5.16 Å². The molecule has 2 aromatic heterocycles. The Morgan fingerprint density at radius 2 is 2.14 bits per heavy atom. The molecule has 1 unspecified atom stereocenters. The summed E-state index contributed by atoms with van der Waals surface area (Å²) in [6.07, 6.45) is 0. The molecule has 2 rings (SSSR count). The van der Waals surface area contributed by atoms with E-state index in [1.54, 1.807) is 13.8 Å². The Balaban J connectivity index is 2.35. The maximum Gasteiger partial charge on any atom is 0.347 e.